The molecule has 1 rings (SSSR count). The Kier molecular flexibility index (Phi) is 6.44. The van der Waals surface area contributed by atoms with Crippen molar-refractivity contribution in [2.45, 2.75) is 39.2 Å². The molecule has 0 atom stereocenters. The van der Waals surface area contributed by atoms with Crippen LogP contribution in [0, 0.1) is 0 Å². The average molecular weight is 346 g/mol. The van der Waals surface area contributed by atoms with E-state index in [9.17, 15) is 18.0 Å². The van der Waals surface area contributed by atoms with Crippen molar-refractivity contribution in [3.63, 3.8) is 0 Å². The first-order valence-corrected chi connectivity index (χ1v) is 7.14. The van der Waals surface area contributed by atoms with E-state index < -0.39 is 6.36 Å². The molecule has 0 aromatic heterocycles. The van der Waals surface area contributed by atoms with E-state index in [-0.39, 0.29) is 36.2 Å². The zero-order valence-electron chi connectivity index (χ0n) is 13.7. The highest BCUT2D eigenvalue weighted by Gasteiger charge is 2.30. The van der Waals surface area contributed by atoms with E-state index in [1.54, 1.807) is 0 Å². The number of alkyl halides is 3. The van der Waals surface area contributed by atoms with Crippen molar-refractivity contribution in [2.75, 3.05) is 6.54 Å². The molecular formula is C15H21F3N4O2. The number of halogens is 3. The van der Waals surface area contributed by atoms with E-state index in [1.165, 1.54) is 24.3 Å². The van der Waals surface area contributed by atoms with Crippen LogP contribution in [-0.2, 0) is 11.3 Å². The van der Waals surface area contributed by atoms with Gasteiger partial charge in [0.15, 0.2) is 5.96 Å². The molecule has 0 fully saturated rings. The van der Waals surface area contributed by atoms with E-state index >= 15 is 0 Å². The van der Waals surface area contributed by atoms with Crippen molar-refractivity contribution in [3.05, 3.63) is 29.8 Å². The third kappa shape index (κ3) is 8.86. The van der Waals surface area contributed by atoms with E-state index in [0.717, 1.165) is 0 Å². The number of rotatable bonds is 5. The van der Waals surface area contributed by atoms with Gasteiger partial charge in [0.1, 0.15) is 5.75 Å². The van der Waals surface area contributed by atoms with E-state index in [2.05, 4.69) is 20.4 Å². The Labute approximate surface area is 138 Å². The standard InChI is InChI=1S/C15H21F3N4O2/c1-14(2,3)22-12(23)9-21-13(19)20-8-10-4-6-11(7-5-10)24-15(16,17)18/h4-7H,8-9H2,1-3H3,(H,22,23)(H3,19,20,21). The lowest BCUT2D eigenvalue weighted by Gasteiger charge is -2.20. The van der Waals surface area contributed by atoms with Gasteiger partial charge in [0.2, 0.25) is 5.91 Å². The number of amides is 1. The highest BCUT2D eigenvalue weighted by molar-refractivity contribution is 5.85. The molecule has 24 heavy (non-hydrogen) atoms. The van der Waals surface area contributed by atoms with Crippen LogP contribution in [0.4, 0.5) is 13.2 Å². The fraction of sp³-hybridized carbons (Fsp3) is 0.467. The number of carbonyl (C=O) groups is 1. The summed E-state index contributed by atoms with van der Waals surface area (Å²) in [6, 6.07) is 5.28. The molecule has 0 unspecified atom stereocenters. The zero-order chi connectivity index (χ0) is 18.4. The molecular weight excluding hydrogens is 325 g/mol. The van der Waals surface area contributed by atoms with Crippen LogP contribution in [0.15, 0.2) is 29.3 Å². The lowest BCUT2D eigenvalue weighted by molar-refractivity contribution is -0.274. The van der Waals surface area contributed by atoms with Gasteiger partial charge in [-0.2, -0.15) is 0 Å². The summed E-state index contributed by atoms with van der Waals surface area (Å²) in [6.45, 7) is 5.70. The number of nitrogens with two attached hydrogens (primary N) is 1. The molecule has 0 bridgehead atoms. The number of nitrogens with zero attached hydrogens (tertiary/aromatic N) is 1. The van der Waals surface area contributed by atoms with Gasteiger partial charge in [-0.25, -0.2) is 4.99 Å². The predicted molar refractivity (Wildman–Crippen MR) is 84.3 cm³/mol. The molecule has 134 valence electrons. The Balaban J connectivity index is 2.46. The molecule has 0 aliphatic rings. The van der Waals surface area contributed by atoms with Crippen LogP contribution in [0.25, 0.3) is 0 Å². The maximum Gasteiger partial charge on any atom is 0.573 e. The first-order valence-electron chi connectivity index (χ1n) is 7.14. The monoisotopic (exact) mass is 346 g/mol. The highest BCUT2D eigenvalue weighted by atomic mass is 19.4. The third-order valence-electron chi connectivity index (χ3n) is 2.53. The number of ether oxygens (including phenoxy) is 1. The van der Waals surface area contributed by atoms with Gasteiger partial charge in [0.05, 0.1) is 13.1 Å². The summed E-state index contributed by atoms with van der Waals surface area (Å²) < 4.78 is 39.9. The summed E-state index contributed by atoms with van der Waals surface area (Å²) in [5.41, 5.74) is 5.94. The Morgan fingerprint density at radius 1 is 1.21 bits per heavy atom. The molecule has 6 nitrogen and oxygen atoms in total. The summed E-state index contributed by atoms with van der Waals surface area (Å²) in [6.07, 6.45) is -4.72. The number of hydrogen-bond donors (Lipinski definition) is 3. The summed E-state index contributed by atoms with van der Waals surface area (Å²) in [5, 5.41) is 5.42. The maximum atomic E-state index is 12.0. The molecule has 0 spiro atoms. The molecule has 0 saturated heterocycles. The fourth-order valence-electron chi connectivity index (χ4n) is 1.66. The van der Waals surface area contributed by atoms with Gasteiger partial charge in [-0.15, -0.1) is 13.2 Å². The molecule has 0 heterocycles. The molecule has 1 aromatic carbocycles. The lowest BCUT2D eigenvalue weighted by Crippen LogP contribution is -2.47. The zero-order valence-corrected chi connectivity index (χ0v) is 13.7. The van der Waals surface area contributed by atoms with E-state index in [1.807, 2.05) is 20.8 Å². The van der Waals surface area contributed by atoms with Gasteiger partial charge in [0.25, 0.3) is 0 Å². The topological polar surface area (TPSA) is 88.7 Å². The third-order valence-corrected chi connectivity index (χ3v) is 2.53. The average Bonchev–Trinajstić information content (AvgIpc) is 2.41. The van der Waals surface area contributed by atoms with Crippen LogP contribution < -0.4 is 21.1 Å². The van der Waals surface area contributed by atoms with Crippen LogP contribution in [0.5, 0.6) is 5.75 Å². The molecule has 0 radical (unpaired) electrons. The Morgan fingerprint density at radius 2 is 1.79 bits per heavy atom. The molecule has 4 N–H and O–H groups in total. The molecule has 0 aliphatic carbocycles. The number of benzene rings is 1. The van der Waals surface area contributed by atoms with Crippen LogP contribution in [0.3, 0.4) is 0 Å². The quantitative estimate of drug-likeness (QED) is 0.561. The SMILES string of the molecule is CC(C)(C)NC(=O)CNC(N)=NCc1ccc(OC(F)(F)F)cc1. The lowest BCUT2D eigenvalue weighted by atomic mass is 10.1. The van der Waals surface area contributed by atoms with Gasteiger partial charge >= 0.3 is 6.36 Å². The summed E-state index contributed by atoms with van der Waals surface area (Å²) in [4.78, 5) is 15.6. The number of hydrogen-bond acceptors (Lipinski definition) is 3. The highest BCUT2D eigenvalue weighted by Crippen LogP contribution is 2.22. The van der Waals surface area contributed by atoms with Crippen molar-refractivity contribution in [2.24, 2.45) is 10.7 Å². The molecule has 0 aliphatic heterocycles. The summed E-state index contributed by atoms with van der Waals surface area (Å²) >= 11 is 0. The second kappa shape index (κ2) is 7.89. The van der Waals surface area contributed by atoms with Crippen molar-refractivity contribution in [3.8, 4) is 5.75 Å². The normalized spacial score (nSPS) is 12.7. The van der Waals surface area contributed by atoms with Crippen molar-refractivity contribution in [1.82, 2.24) is 10.6 Å². The van der Waals surface area contributed by atoms with Crippen molar-refractivity contribution < 1.29 is 22.7 Å². The van der Waals surface area contributed by atoms with Gasteiger partial charge in [0, 0.05) is 5.54 Å². The van der Waals surface area contributed by atoms with Gasteiger partial charge in [-0.3, -0.25) is 4.79 Å². The minimum Gasteiger partial charge on any atom is -0.406 e. The number of aliphatic imine (C=N–C) groups is 1. The van der Waals surface area contributed by atoms with Gasteiger partial charge in [-0.05, 0) is 38.5 Å². The predicted octanol–water partition coefficient (Wildman–Crippen LogP) is 1.90. The fourth-order valence-corrected chi connectivity index (χ4v) is 1.66. The minimum absolute atomic E-state index is 0.0229. The second-order valence-electron chi connectivity index (χ2n) is 6.04. The molecule has 1 aromatic rings. The Bertz CT molecular complexity index is 578. The molecule has 9 heteroatoms. The molecule has 0 saturated carbocycles. The Morgan fingerprint density at radius 3 is 2.29 bits per heavy atom. The van der Waals surface area contributed by atoms with E-state index in [0.29, 0.717) is 5.56 Å². The second-order valence-corrected chi connectivity index (χ2v) is 6.04. The van der Waals surface area contributed by atoms with Gasteiger partial charge in [-0.1, -0.05) is 12.1 Å². The van der Waals surface area contributed by atoms with Crippen LogP contribution in [0.1, 0.15) is 26.3 Å². The molecule has 1 amide bonds. The first-order chi connectivity index (χ1) is 10.9. The smallest absolute Gasteiger partial charge is 0.406 e. The first kappa shape index (κ1) is 19.6. The Hall–Kier alpha value is -2.45. The summed E-state index contributed by atoms with van der Waals surface area (Å²) in [7, 11) is 0. The number of guanidine groups is 1. The summed E-state index contributed by atoms with van der Waals surface area (Å²) in [5.74, 6) is -0.468. The maximum absolute atomic E-state index is 12.0. The van der Waals surface area contributed by atoms with E-state index in [4.69, 9.17) is 5.73 Å². The van der Waals surface area contributed by atoms with Crippen molar-refractivity contribution >= 4 is 11.9 Å². The van der Waals surface area contributed by atoms with Crippen LogP contribution >= 0.6 is 0 Å². The minimum atomic E-state index is -4.72. The largest absolute Gasteiger partial charge is 0.573 e. The number of carbonyl (C=O) groups excluding carboxylic acids is 1. The van der Waals surface area contributed by atoms with Crippen LogP contribution in [-0.4, -0.2) is 30.3 Å². The van der Waals surface area contributed by atoms with Crippen LogP contribution in [0.2, 0.25) is 0 Å². The number of nitrogens with one attached hydrogen (secondary N) is 2. The van der Waals surface area contributed by atoms with Crippen molar-refractivity contribution in [1.29, 1.82) is 0 Å². The van der Waals surface area contributed by atoms with Gasteiger partial charge < -0.3 is 21.1 Å².